The van der Waals surface area contributed by atoms with Gasteiger partial charge in [0, 0.05) is 18.7 Å². The highest BCUT2D eigenvalue weighted by Crippen LogP contribution is 2.37. The van der Waals surface area contributed by atoms with Crippen molar-refractivity contribution in [1.29, 1.82) is 0 Å². The molecular formula is C13H17F3N2O. The third-order valence-corrected chi connectivity index (χ3v) is 3.36. The highest BCUT2D eigenvalue weighted by atomic mass is 19.3. The summed E-state index contributed by atoms with van der Waals surface area (Å²) in [5.41, 5.74) is 6.26. The number of anilines is 2. The number of ether oxygens (including phenoxy) is 1. The van der Waals surface area contributed by atoms with Crippen molar-refractivity contribution in [3.63, 3.8) is 0 Å². The van der Waals surface area contributed by atoms with Gasteiger partial charge in [-0.3, -0.25) is 0 Å². The maximum Gasteiger partial charge on any atom is 0.387 e. The zero-order valence-corrected chi connectivity index (χ0v) is 10.6. The van der Waals surface area contributed by atoms with Gasteiger partial charge in [0.05, 0.1) is 11.4 Å². The van der Waals surface area contributed by atoms with E-state index in [-0.39, 0.29) is 5.69 Å². The van der Waals surface area contributed by atoms with E-state index in [1.54, 1.807) is 0 Å². The van der Waals surface area contributed by atoms with Crippen LogP contribution in [0, 0.1) is 17.7 Å². The van der Waals surface area contributed by atoms with Crippen molar-refractivity contribution >= 4 is 11.4 Å². The molecule has 0 radical (unpaired) electrons. The first-order chi connectivity index (χ1) is 8.97. The molecule has 1 fully saturated rings. The van der Waals surface area contributed by atoms with Crippen molar-refractivity contribution in [2.24, 2.45) is 11.8 Å². The lowest BCUT2D eigenvalue weighted by atomic mass is 10.1. The van der Waals surface area contributed by atoms with Gasteiger partial charge in [0.15, 0.2) is 11.6 Å². The van der Waals surface area contributed by atoms with Crippen LogP contribution in [0.5, 0.6) is 5.75 Å². The van der Waals surface area contributed by atoms with Crippen LogP contribution < -0.4 is 15.8 Å². The molecule has 0 bridgehead atoms. The molecule has 0 aromatic heterocycles. The molecule has 6 heteroatoms. The topological polar surface area (TPSA) is 47.3 Å². The molecule has 0 spiro atoms. The summed E-state index contributed by atoms with van der Waals surface area (Å²) in [6.07, 6.45) is 2.45. The van der Waals surface area contributed by atoms with E-state index in [0.717, 1.165) is 6.07 Å². The number of benzene rings is 1. The second-order valence-electron chi connectivity index (χ2n) is 4.94. The normalized spacial score (nSPS) is 16.5. The van der Waals surface area contributed by atoms with E-state index in [1.807, 2.05) is 0 Å². The second-order valence-corrected chi connectivity index (χ2v) is 4.94. The van der Waals surface area contributed by atoms with E-state index in [1.165, 1.54) is 18.9 Å². The van der Waals surface area contributed by atoms with Gasteiger partial charge in [0.25, 0.3) is 0 Å². The Kier molecular flexibility index (Phi) is 4.07. The molecule has 1 saturated carbocycles. The summed E-state index contributed by atoms with van der Waals surface area (Å²) >= 11 is 0. The monoisotopic (exact) mass is 274 g/mol. The SMILES string of the molecule is CC(CNc1cc(OC(F)F)c(F)cc1N)C1CC1. The Morgan fingerprint density at radius 2 is 2.11 bits per heavy atom. The van der Waals surface area contributed by atoms with Gasteiger partial charge in [0.2, 0.25) is 0 Å². The summed E-state index contributed by atoms with van der Waals surface area (Å²) in [5.74, 6) is -0.195. The van der Waals surface area contributed by atoms with Crippen LogP contribution in [0.15, 0.2) is 12.1 Å². The molecule has 1 aromatic carbocycles. The Labute approximate surface area is 109 Å². The number of hydrogen-bond donors (Lipinski definition) is 2. The smallest absolute Gasteiger partial charge is 0.387 e. The van der Waals surface area contributed by atoms with Crippen LogP contribution in [-0.4, -0.2) is 13.2 Å². The molecule has 1 aliphatic carbocycles. The van der Waals surface area contributed by atoms with Crippen LogP contribution in [-0.2, 0) is 0 Å². The van der Waals surface area contributed by atoms with Crippen molar-refractivity contribution in [3.8, 4) is 5.75 Å². The number of rotatable bonds is 6. The molecule has 3 N–H and O–H groups in total. The molecule has 0 amide bonds. The van der Waals surface area contributed by atoms with Crippen LogP contribution in [0.25, 0.3) is 0 Å². The third kappa shape index (κ3) is 3.68. The Hall–Kier alpha value is -1.59. The molecular weight excluding hydrogens is 257 g/mol. The number of halogens is 3. The lowest BCUT2D eigenvalue weighted by Gasteiger charge is -2.16. The highest BCUT2D eigenvalue weighted by molar-refractivity contribution is 5.68. The summed E-state index contributed by atoms with van der Waals surface area (Å²) in [4.78, 5) is 0. The quantitative estimate of drug-likeness (QED) is 0.781. The maximum absolute atomic E-state index is 13.4. The van der Waals surface area contributed by atoms with E-state index in [4.69, 9.17) is 5.73 Å². The Morgan fingerprint density at radius 1 is 1.42 bits per heavy atom. The molecule has 0 aliphatic heterocycles. The van der Waals surface area contributed by atoms with Crippen molar-refractivity contribution in [1.82, 2.24) is 0 Å². The number of nitrogen functional groups attached to an aromatic ring is 1. The van der Waals surface area contributed by atoms with Crippen molar-refractivity contribution in [2.45, 2.75) is 26.4 Å². The molecule has 3 nitrogen and oxygen atoms in total. The van der Waals surface area contributed by atoms with E-state index >= 15 is 0 Å². The van der Waals surface area contributed by atoms with Gasteiger partial charge in [0.1, 0.15) is 0 Å². The second kappa shape index (κ2) is 5.59. The van der Waals surface area contributed by atoms with Gasteiger partial charge >= 0.3 is 6.61 Å². The molecule has 1 unspecified atom stereocenters. The van der Waals surface area contributed by atoms with Crippen LogP contribution in [0.2, 0.25) is 0 Å². The zero-order chi connectivity index (χ0) is 14.0. The lowest BCUT2D eigenvalue weighted by Crippen LogP contribution is -2.14. The minimum atomic E-state index is -3.06. The molecule has 1 aromatic rings. The maximum atomic E-state index is 13.4. The van der Waals surface area contributed by atoms with E-state index in [9.17, 15) is 13.2 Å². The minimum absolute atomic E-state index is 0.183. The first-order valence-corrected chi connectivity index (χ1v) is 6.25. The zero-order valence-electron chi connectivity index (χ0n) is 10.6. The molecule has 1 atom stereocenters. The van der Waals surface area contributed by atoms with E-state index in [0.29, 0.717) is 24.1 Å². The van der Waals surface area contributed by atoms with Crippen molar-refractivity contribution < 1.29 is 17.9 Å². The summed E-state index contributed by atoms with van der Waals surface area (Å²) in [7, 11) is 0. The predicted octanol–water partition coefficient (Wildman–Crippen LogP) is 3.47. The summed E-state index contributed by atoms with van der Waals surface area (Å²) < 4.78 is 41.7. The van der Waals surface area contributed by atoms with Gasteiger partial charge in [-0.2, -0.15) is 8.78 Å². The first kappa shape index (κ1) is 13.8. The van der Waals surface area contributed by atoms with Crippen LogP contribution in [0.3, 0.4) is 0 Å². The van der Waals surface area contributed by atoms with Gasteiger partial charge in [-0.1, -0.05) is 6.92 Å². The standard InChI is InChI=1S/C13H17F3N2O/c1-7(8-2-3-8)6-18-11-5-12(19-13(15)16)9(14)4-10(11)17/h4-5,7-8,13,18H,2-3,6,17H2,1H3. The van der Waals surface area contributed by atoms with Crippen molar-refractivity contribution in [2.75, 3.05) is 17.6 Å². The van der Waals surface area contributed by atoms with Crippen LogP contribution >= 0.6 is 0 Å². The fourth-order valence-corrected chi connectivity index (χ4v) is 2.01. The Morgan fingerprint density at radius 3 is 2.68 bits per heavy atom. The largest absolute Gasteiger partial charge is 0.432 e. The molecule has 0 saturated heterocycles. The van der Waals surface area contributed by atoms with E-state index < -0.39 is 18.2 Å². The van der Waals surface area contributed by atoms with Gasteiger partial charge in [-0.05, 0) is 24.7 Å². The predicted molar refractivity (Wildman–Crippen MR) is 67.8 cm³/mol. The fourth-order valence-electron chi connectivity index (χ4n) is 2.01. The van der Waals surface area contributed by atoms with Gasteiger partial charge < -0.3 is 15.8 Å². The minimum Gasteiger partial charge on any atom is -0.432 e. The van der Waals surface area contributed by atoms with Crippen LogP contribution in [0.4, 0.5) is 24.5 Å². The average molecular weight is 274 g/mol. The van der Waals surface area contributed by atoms with Gasteiger partial charge in [-0.25, -0.2) is 4.39 Å². The van der Waals surface area contributed by atoms with Gasteiger partial charge in [-0.15, -0.1) is 0 Å². The van der Waals surface area contributed by atoms with E-state index in [2.05, 4.69) is 17.0 Å². The molecule has 106 valence electrons. The van der Waals surface area contributed by atoms with Crippen molar-refractivity contribution in [3.05, 3.63) is 17.9 Å². The third-order valence-electron chi connectivity index (χ3n) is 3.36. The van der Waals surface area contributed by atoms with Crippen LogP contribution in [0.1, 0.15) is 19.8 Å². The summed E-state index contributed by atoms with van der Waals surface area (Å²) in [6.45, 7) is -0.272. The average Bonchev–Trinajstić information content (AvgIpc) is 3.14. The molecule has 0 heterocycles. The number of hydrogen-bond acceptors (Lipinski definition) is 3. The number of alkyl halides is 2. The lowest BCUT2D eigenvalue weighted by molar-refractivity contribution is -0.0521. The molecule has 19 heavy (non-hydrogen) atoms. The Bertz CT molecular complexity index is 450. The fraction of sp³-hybridized carbons (Fsp3) is 0.538. The number of nitrogens with two attached hydrogens (primary N) is 1. The number of nitrogens with one attached hydrogen (secondary N) is 1. The highest BCUT2D eigenvalue weighted by Gasteiger charge is 2.27. The summed E-state index contributed by atoms with van der Waals surface area (Å²) in [6, 6.07) is 2.16. The first-order valence-electron chi connectivity index (χ1n) is 6.25. The Balaban J connectivity index is 2.05. The molecule has 2 rings (SSSR count). The summed E-state index contributed by atoms with van der Waals surface area (Å²) in [5, 5.41) is 3.06. The molecule has 1 aliphatic rings.